The first kappa shape index (κ1) is 28.8. The lowest BCUT2D eigenvalue weighted by atomic mass is 9.85. The average Bonchev–Trinajstić information content (AvgIpc) is 3.52. The highest BCUT2D eigenvalue weighted by molar-refractivity contribution is 6.67. The summed E-state index contributed by atoms with van der Waals surface area (Å²) in [7, 11) is -0.657. The fraction of sp³-hybridized carbons (Fsp3) is 0. The van der Waals surface area contributed by atoms with Gasteiger partial charge >= 0.3 is 0 Å². The topological polar surface area (TPSA) is 4.93 Å². The molecule has 0 aliphatic rings. The molecule has 0 spiro atoms. The van der Waals surface area contributed by atoms with Crippen LogP contribution >= 0.6 is 0 Å². The van der Waals surface area contributed by atoms with Crippen LogP contribution in [0.15, 0.2) is 188 Å². The van der Waals surface area contributed by atoms with Gasteiger partial charge in [-0.25, -0.2) is 0 Å². The van der Waals surface area contributed by atoms with Crippen molar-refractivity contribution in [3.05, 3.63) is 188 Å². The Morgan fingerprint density at radius 1 is 0.320 bits per heavy atom. The number of nitrogens with zero attached hydrogens (tertiary/aromatic N) is 1. The van der Waals surface area contributed by atoms with Gasteiger partial charge in [-0.2, -0.15) is 0 Å². The van der Waals surface area contributed by atoms with Crippen LogP contribution in [0.1, 0.15) is 0 Å². The Kier molecular flexibility index (Phi) is 6.75. The predicted molar refractivity (Wildman–Crippen MR) is 218 cm³/mol. The molecule has 0 saturated carbocycles. The molecule has 1 nitrogen and oxygen atoms in total. The number of hydrogen-bond acceptors (Lipinski definition) is 0. The van der Waals surface area contributed by atoms with Crippen molar-refractivity contribution in [1.29, 1.82) is 0 Å². The van der Waals surface area contributed by atoms with Crippen LogP contribution in [0.25, 0.3) is 82.1 Å². The van der Waals surface area contributed by atoms with Gasteiger partial charge in [0.2, 0.25) is 0 Å². The lowest BCUT2D eigenvalue weighted by molar-refractivity contribution is 1.18. The van der Waals surface area contributed by atoms with E-state index in [9.17, 15) is 0 Å². The van der Waals surface area contributed by atoms with Gasteiger partial charge in [0.05, 0.1) is 20.6 Å². The first-order valence-electron chi connectivity index (χ1n) is 17.4. The summed E-state index contributed by atoms with van der Waals surface area (Å²) in [6.07, 6.45) is 0. The molecule has 9 aromatic carbocycles. The first-order chi connectivity index (χ1) is 24.8. The maximum atomic E-state index is 2.51. The SMILES string of the molecule is c1ccc([SiH2]c2ccc3c(-c4cccc(-n5c6ccccc6c6ccccc65)c4)c4ccccc4c(-c4ccc5ccccc5c4)c3c2)cc1. The molecule has 0 fully saturated rings. The molecule has 2 heteroatoms. The lowest BCUT2D eigenvalue weighted by Gasteiger charge is -2.19. The minimum Gasteiger partial charge on any atom is -0.309 e. The van der Waals surface area contributed by atoms with Gasteiger partial charge in [-0.3, -0.25) is 0 Å². The normalized spacial score (nSPS) is 11.9. The first-order valence-corrected chi connectivity index (χ1v) is 18.8. The summed E-state index contributed by atoms with van der Waals surface area (Å²) in [6.45, 7) is 0. The lowest BCUT2D eigenvalue weighted by Crippen LogP contribution is -2.26. The molecule has 0 bridgehead atoms. The molecule has 10 rings (SSSR count). The van der Waals surface area contributed by atoms with Crippen molar-refractivity contribution in [2.75, 3.05) is 0 Å². The van der Waals surface area contributed by atoms with Crippen molar-refractivity contribution in [3.8, 4) is 27.9 Å². The van der Waals surface area contributed by atoms with Gasteiger partial charge in [0.1, 0.15) is 0 Å². The van der Waals surface area contributed by atoms with E-state index in [1.54, 1.807) is 0 Å². The van der Waals surface area contributed by atoms with Crippen LogP contribution in [0.3, 0.4) is 0 Å². The van der Waals surface area contributed by atoms with Crippen molar-refractivity contribution in [2.24, 2.45) is 0 Å². The molecule has 0 aliphatic heterocycles. The summed E-state index contributed by atoms with van der Waals surface area (Å²) in [6, 6.07) is 69.7. The second-order valence-electron chi connectivity index (χ2n) is 13.3. The minimum atomic E-state index is -0.657. The van der Waals surface area contributed by atoms with Crippen molar-refractivity contribution in [1.82, 2.24) is 4.57 Å². The molecule has 234 valence electrons. The van der Waals surface area contributed by atoms with Crippen LogP contribution < -0.4 is 10.4 Å². The summed E-state index contributed by atoms with van der Waals surface area (Å²) in [5.74, 6) is 0. The van der Waals surface area contributed by atoms with Gasteiger partial charge < -0.3 is 4.57 Å². The zero-order valence-corrected chi connectivity index (χ0v) is 29.0. The Labute approximate surface area is 293 Å². The monoisotopic (exact) mass is 651 g/mol. The third kappa shape index (κ3) is 4.68. The van der Waals surface area contributed by atoms with Crippen molar-refractivity contribution >= 4 is 74.0 Å². The van der Waals surface area contributed by atoms with Crippen LogP contribution in [0.2, 0.25) is 0 Å². The second-order valence-corrected chi connectivity index (χ2v) is 15.3. The van der Waals surface area contributed by atoms with Crippen LogP contribution in [-0.2, 0) is 0 Å². The number of aromatic nitrogens is 1. The maximum Gasteiger partial charge on any atom is 0.0875 e. The molecule has 0 saturated heterocycles. The highest BCUT2D eigenvalue weighted by Gasteiger charge is 2.19. The Balaban J connectivity index is 1.26. The number of fused-ring (bicyclic) bond motifs is 6. The number of para-hydroxylation sites is 2. The second kappa shape index (κ2) is 11.7. The molecular weight excluding hydrogens is 619 g/mol. The van der Waals surface area contributed by atoms with E-state index in [0.29, 0.717) is 0 Å². The number of rotatable bonds is 5. The third-order valence-corrected chi connectivity index (χ3v) is 12.1. The fourth-order valence-corrected chi connectivity index (χ4v) is 9.66. The third-order valence-electron chi connectivity index (χ3n) is 10.4. The molecule has 0 aliphatic carbocycles. The molecule has 0 N–H and O–H groups in total. The summed E-state index contributed by atoms with van der Waals surface area (Å²) in [5, 5.41) is 13.2. The molecular formula is C48H33NSi. The van der Waals surface area contributed by atoms with Crippen LogP contribution in [0.4, 0.5) is 0 Å². The van der Waals surface area contributed by atoms with E-state index in [-0.39, 0.29) is 0 Å². The van der Waals surface area contributed by atoms with Crippen molar-refractivity contribution < 1.29 is 0 Å². The molecule has 50 heavy (non-hydrogen) atoms. The highest BCUT2D eigenvalue weighted by Crippen LogP contribution is 2.44. The molecule has 10 aromatic rings. The van der Waals surface area contributed by atoms with Gasteiger partial charge in [-0.15, -0.1) is 0 Å². The van der Waals surface area contributed by atoms with E-state index < -0.39 is 9.52 Å². The summed E-state index contributed by atoms with van der Waals surface area (Å²) in [4.78, 5) is 0. The maximum absolute atomic E-state index is 2.51. The summed E-state index contributed by atoms with van der Waals surface area (Å²) < 4.78 is 2.42. The molecule has 0 unspecified atom stereocenters. The summed E-state index contributed by atoms with van der Waals surface area (Å²) >= 11 is 0. The summed E-state index contributed by atoms with van der Waals surface area (Å²) in [5.41, 5.74) is 8.70. The molecule has 1 heterocycles. The minimum absolute atomic E-state index is 0.657. The Morgan fingerprint density at radius 3 is 1.64 bits per heavy atom. The zero-order chi connectivity index (χ0) is 33.0. The predicted octanol–water partition coefficient (Wildman–Crippen LogP) is 10.7. The quantitative estimate of drug-likeness (QED) is 0.129. The largest absolute Gasteiger partial charge is 0.309 e. The smallest absolute Gasteiger partial charge is 0.0875 e. The molecule has 0 atom stereocenters. The number of hydrogen-bond donors (Lipinski definition) is 0. The van der Waals surface area contributed by atoms with E-state index >= 15 is 0 Å². The Morgan fingerprint density at radius 2 is 0.900 bits per heavy atom. The fourth-order valence-electron chi connectivity index (χ4n) is 8.14. The van der Waals surface area contributed by atoms with E-state index in [4.69, 9.17) is 0 Å². The van der Waals surface area contributed by atoms with E-state index in [2.05, 4.69) is 193 Å². The van der Waals surface area contributed by atoms with Crippen molar-refractivity contribution in [3.63, 3.8) is 0 Å². The van der Waals surface area contributed by atoms with Gasteiger partial charge in [-0.1, -0.05) is 168 Å². The van der Waals surface area contributed by atoms with Crippen molar-refractivity contribution in [2.45, 2.75) is 0 Å². The Bertz CT molecular complexity index is 2850. The number of benzene rings is 9. The Hall–Kier alpha value is -6.22. The highest BCUT2D eigenvalue weighted by atomic mass is 28.2. The van der Waals surface area contributed by atoms with E-state index in [1.165, 1.54) is 92.4 Å². The zero-order valence-electron chi connectivity index (χ0n) is 27.6. The average molecular weight is 652 g/mol. The van der Waals surface area contributed by atoms with Gasteiger partial charge in [-0.05, 0) is 84.9 Å². The van der Waals surface area contributed by atoms with E-state index in [1.807, 2.05) is 0 Å². The van der Waals surface area contributed by atoms with Gasteiger partial charge in [0.15, 0.2) is 0 Å². The van der Waals surface area contributed by atoms with E-state index in [0.717, 1.165) is 0 Å². The van der Waals surface area contributed by atoms with Gasteiger partial charge in [0, 0.05) is 16.5 Å². The molecule has 0 amide bonds. The van der Waals surface area contributed by atoms with Crippen LogP contribution in [-0.4, -0.2) is 14.1 Å². The standard InChI is InChI=1S/C48H33NSi/c1-2-17-37(18-3-1)50-38-27-28-43-44(31-38)48(35-26-25-32-13-4-5-14-33(32)29-35)42-22-7-6-21-41(42)47(43)34-15-12-16-36(30-34)49-45-23-10-8-19-39(45)40-20-9-11-24-46(40)49/h1-31H,50H2. The van der Waals surface area contributed by atoms with Gasteiger partial charge in [0.25, 0.3) is 0 Å². The van der Waals surface area contributed by atoms with Crippen LogP contribution in [0, 0.1) is 0 Å². The molecule has 0 radical (unpaired) electrons. The van der Waals surface area contributed by atoms with Crippen LogP contribution in [0.5, 0.6) is 0 Å². The molecule has 1 aromatic heterocycles.